The second-order valence-electron chi connectivity index (χ2n) is 9.46. The first-order chi connectivity index (χ1) is 17.7. The molecule has 2 aromatic heterocycles. The Hall–Kier alpha value is -3.29. The number of hydrogen-bond donors (Lipinski definition) is 0. The molecule has 1 aliphatic heterocycles. The number of rotatable bonds is 9. The van der Waals surface area contributed by atoms with Crippen LogP contribution in [-0.2, 0) is 13.1 Å². The molecule has 186 valence electrons. The molecule has 7 heteroatoms. The number of pyridine rings is 1. The third kappa shape index (κ3) is 5.91. The molecule has 0 radical (unpaired) electrons. The summed E-state index contributed by atoms with van der Waals surface area (Å²) < 4.78 is 6.15. The molecule has 1 saturated heterocycles. The lowest BCUT2D eigenvalue weighted by Gasteiger charge is -2.35. The zero-order valence-corrected chi connectivity index (χ0v) is 21.5. The Bertz CT molecular complexity index is 1290. The van der Waals surface area contributed by atoms with Gasteiger partial charge in [-0.2, -0.15) is 0 Å². The number of amides is 1. The number of hydrogen-bond acceptors (Lipinski definition) is 6. The van der Waals surface area contributed by atoms with Gasteiger partial charge in [-0.05, 0) is 55.6 Å². The third-order valence-electron chi connectivity index (χ3n) is 6.76. The first-order valence-corrected chi connectivity index (χ1v) is 13.5. The van der Waals surface area contributed by atoms with Crippen molar-refractivity contribution in [3.63, 3.8) is 0 Å². The molecule has 1 atom stereocenters. The van der Waals surface area contributed by atoms with Gasteiger partial charge in [0.1, 0.15) is 10.6 Å². The zero-order chi connectivity index (χ0) is 24.7. The van der Waals surface area contributed by atoms with Crippen LogP contribution in [0.1, 0.15) is 46.5 Å². The standard InChI is InChI=1S/C29H32N4O2S/c1-32(20-24-9-5-8-23-10-6-14-31-28(23)24)19-22-7-4-12-26(17-22)35-16-13-25-11-2-3-15-33(25)29(34)27-18-30-21-36-27/h4-10,12,14,17-18,21,25H,2-3,11,13,15-16,19-20H2,1H3. The first-order valence-electron chi connectivity index (χ1n) is 12.6. The van der Waals surface area contributed by atoms with Crippen LogP contribution in [0, 0.1) is 0 Å². The Morgan fingerprint density at radius 2 is 2.03 bits per heavy atom. The lowest BCUT2D eigenvalue weighted by atomic mass is 9.99. The normalized spacial score (nSPS) is 15.9. The molecule has 1 fully saturated rings. The predicted octanol–water partition coefficient (Wildman–Crippen LogP) is 5.79. The Morgan fingerprint density at radius 3 is 2.92 bits per heavy atom. The van der Waals surface area contributed by atoms with Crippen molar-refractivity contribution in [1.82, 2.24) is 19.8 Å². The Morgan fingerprint density at radius 1 is 1.14 bits per heavy atom. The van der Waals surface area contributed by atoms with Crippen LogP contribution in [0.4, 0.5) is 0 Å². The fourth-order valence-electron chi connectivity index (χ4n) is 5.03. The maximum Gasteiger partial charge on any atom is 0.265 e. The largest absolute Gasteiger partial charge is 0.494 e. The molecule has 36 heavy (non-hydrogen) atoms. The minimum atomic E-state index is 0.105. The van der Waals surface area contributed by atoms with Crippen molar-refractivity contribution in [2.45, 2.75) is 44.8 Å². The Kier molecular flexibility index (Phi) is 7.88. The number of fused-ring (bicyclic) bond motifs is 1. The van der Waals surface area contributed by atoms with Crippen LogP contribution in [0.2, 0.25) is 0 Å². The molecular formula is C29H32N4O2S. The van der Waals surface area contributed by atoms with Crippen molar-refractivity contribution in [2.24, 2.45) is 0 Å². The molecule has 6 nitrogen and oxygen atoms in total. The van der Waals surface area contributed by atoms with Gasteiger partial charge in [0.05, 0.1) is 23.8 Å². The van der Waals surface area contributed by atoms with Gasteiger partial charge in [0, 0.05) is 43.7 Å². The van der Waals surface area contributed by atoms with Crippen LogP contribution in [0.15, 0.2) is 72.5 Å². The van der Waals surface area contributed by atoms with Crippen LogP contribution < -0.4 is 4.74 Å². The summed E-state index contributed by atoms with van der Waals surface area (Å²) in [4.78, 5) is 26.6. The molecule has 0 bridgehead atoms. The number of carbonyl (C=O) groups is 1. The highest BCUT2D eigenvalue weighted by Crippen LogP contribution is 2.24. The van der Waals surface area contributed by atoms with Crippen LogP contribution >= 0.6 is 11.3 Å². The summed E-state index contributed by atoms with van der Waals surface area (Å²) >= 11 is 1.41. The molecule has 1 amide bonds. The summed E-state index contributed by atoms with van der Waals surface area (Å²) in [6.07, 6.45) is 7.62. The van der Waals surface area contributed by atoms with E-state index < -0.39 is 0 Å². The smallest absolute Gasteiger partial charge is 0.265 e. The molecule has 4 aromatic rings. The van der Waals surface area contributed by atoms with E-state index in [1.165, 1.54) is 27.8 Å². The molecular weight excluding hydrogens is 468 g/mol. The van der Waals surface area contributed by atoms with Crippen molar-refractivity contribution in [3.05, 3.63) is 88.5 Å². The predicted molar refractivity (Wildman–Crippen MR) is 144 cm³/mol. The summed E-state index contributed by atoms with van der Waals surface area (Å²) in [5.74, 6) is 0.984. The van der Waals surface area contributed by atoms with Gasteiger partial charge in [-0.25, -0.2) is 0 Å². The topological polar surface area (TPSA) is 58.6 Å². The molecule has 0 N–H and O–H groups in total. The second kappa shape index (κ2) is 11.6. The van der Waals surface area contributed by atoms with Crippen LogP contribution in [0.25, 0.3) is 10.9 Å². The monoisotopic (exact) mass is 500 g/mol. The van der Waals surface area contributed by atoms with Gasteiger partial charge in [-0.1, -0.05) is 36.4 Å². The van der Waals surface area contributed by atoms with E-state index in [9.17, 15) is 4.79 Å². The van der Waals surface area contributed by atoms with Crippen molar-refractivity contribution in [2.75, 3.05) is 20.2 Å². The van der Waals surface area contributed by atoms with Gasteiger partial charge >= 0.3 is 0 Å². The highest BCUT2D eigenvalue weighted by Gasteiger charge is 2.28. The molecule has 0 saturated carbocycles. The van der Waals surface area contributed by atoms with Gasteiger partial charge in [0.25, 0.3) is 5.91 Å². The fraction of sp³-hybridized carbons (Fsp3) is 0.345. The second-order valence-corrected chi connectivity index (χ2v) is 10.3. The quantitative estimate of drug-likeness (QED) is 0.291. The summed E-state index contributed by atoms with van der Waals surface area (Å²) in [6, 6.07) is 19.0. The van der Waals surface area contributed by atoms with Crippen molar-refractivity contribution in [3.8, 4) is 5.75 Å². The number of carbonyl (C=O) groups excluding carboxylic acids is 1. The van der Waals surface area contributed by atoms with Gasteiger partial charge in [-0.15, -0.1) is 11.3 Å². The number of piperidine rings is 1. The van der Waals surface area contributed by atoms with Crippen molar-refractivity contribution < 1.29 is 9.53 Å². The number of para-hydroxylation sites is 1. The number of aromatic nitrogens is 2. The van der Waals surface area contributed by atoms with E-state index in [1.54, 1.807) is 11.7 Å². The van der Waals surface area contributed by atoms with E-state index in [0.717, 1.165) is 61.5 Å². The van der Waals surface area contributed by atoms with Gasteiger partial charge < -0.3 is 9.64 Å². The SMILES string of the molecule is CN(Cc1cccc(OCCC2CCCCN2C(=O)c2cncs2)c1)Cc1cccc2cccnc12. The average molecular weight is 501 g/mol. The van der Waals surface area contributed by atoms with Gasteiger partial charge in [0.15, 0.2) is 0 Å². The lowest BCUT2D eigenvalue weighted by molar-refractivity contribution is 0.0585. The minimum Gasteiger partial charge on any atom is -0.494 e. The van der Waals surface area contributed by atoms with Crippen LogP contribution in [0.5, 0.6) is 5.75 Å². The highest BCUT2D eigenvalue weighted by atomic mass is 32.1. The minimum absolute atomic E-state index is 0.105. The molecule has 3 heterocycles. The van der Waals surface area contributed by atoms with E-state index in [1.807, 2.05) is 23.2 Å². The maximum atomic E-state index is 12.9. The first kappa shape index (κ1) is 24.4. The van der Waals surface area contributed by atoms with Gasteiger partial charge in [0.2, 0.25) is 0 Å². The molecule has 1 aliphatic rings. The highest BCUT2D eigenvalue weighted by molar-refractivity contribution is 7.11. The Balaban J connectivity index is 1.15. The summed E-state index contributed by atoms with van der Waals surface area (Å²) in [7, 11) is 2.13. The van der Waals surface area contributed by atoms with Gasteiger partial charge in [-0.3, -0.25) is 19.7 Å². The number of benzene rings is 2. The van der Waals surface area contributed by atoms with Crippen molar-refractivity contribution >= 4 is 28.1 Å². The lowest BCUT2D eigenvalue weighted by Crippen LogP contribution is -2.44. The van der Waals surface area contributed by atoms with E-state index in [0.29, 0.717) is 6.61 Å². The maximum absolute atomic E-state index is 12.9. The number of ether oxygens (including phenoxy) is 1. The van der Waals surface area contributed by atoms with E-state index in [-0.39, 0.29) is 11.9 Å². The van der Waals surface area contributed by atoms with Crippen LogP contribution in [-0.4, -0.2) is 51.9 Å². The van der Waals surface area contributed by atoms with E-state index >= 15 is 0 Å². The molecule has 1 unspecified atom stereocenters. The average Bonchev–Trinajstić information content (AvgIpc) is 3.44. The fourth-order valence-corrected chi connectivity index (χ4v) is 5.61. The third-order valence-corrected chi connectivity index (χ3v) is 7.52. The number of thiazole rings is 1. The van der Waals surface area contributed by atoms with Crippen LogP contribution in [0.3, 0.4) is 0 Å². The number of nitrogens with zero attached hydrogens (tertiary/aromatic N) is 4. The summed E-state index contributed by atoms with van der Waals surface area (Å²) in [5, 5.41) is 1.17. The van der Waals surface area contributed by atoms with E-state index in [2.05, 4.69) is 64.4 Å². The Labute approximate surface area is 216 Å². The molecule has 5 rings (SSSR count). The molecule has 0 spiro atoms. The summed E-state index contributed by atoms with van der Waals surface area (Å²) in [5.41, 5.74) is 5.23. The summed E-state index contributed by atoms with van der Waals surface area (Å²) in [6.45, 7) is 3.05. The van der Waals surface area contributed by atoms with E-state index in [4.69, 9.17) is 4.74 Å². The molecule has 0 aliphatic carbocycles. The zero-order valence-electron chi connectivity index (χ0n) is 20.7. The van der Waals surface area contributed by atoms with Crippen molar-refractivity contribution in [1.29, 1.82) is 0 Å². The number of likely N-dealkylation sites (tertiary alicyclic amines) is 1. The molecule has 2 aromatic carbocycles.